The van der Waals surface area contributed by atoms with Crippen molar-refractivity contribution in [1.82, 2.24) is 5.32 Å². The molecule has 0 radical (unpaired) electrons. The molecule has 0 fully saturated rings. The number of para-hydroxylation sites is 1. The molecule has 15 heavy (non-hydrogen) atoms. The highest BCUT2D eigenvalue weighted by Crippen LogP contribution is 2.05. The predicted molar refractivity (Wildman–Crippen MR) is 55.3 cm³/mol. The van der Waals surface area contributed by atoms with Crippen LogP contribution in [0.3, 0.4) is 0 Å². The third-order valence-electron chi connectivity index (χ3n) is 1.61. The Morgan fingerprint density at radius 2 is 1.53 bits per heavy atom. The Morgan fingerprint density at radius 1 is 1.00 bits per heavy atom. The largest absolute Gasteiger partial charge is 0.497 e. The van der Waals surface area contributed by atoms with Crippen molar-refractivity contribution in [2.75, 3.05) is 7.11 Å². The fourth-order valence-corrected chi connectivity index (χ4v) is 0.913. The summed E-state index contributed by atoms with van der Waals surface area (Å²) in [6, 6.07) is 9.68. The van der Waals surface area contributed by atoms with E-state index in [4.69, 9.17) is 4.74 Å². The van der Waals surface area contributed by atoms with Crippen LogP contribution in [0.2, 0.25) is 0 Å². The smallest absolute Gasteiger partial charge is 0.250 e. The Bertz CT molecular complexity index is 355. The van der Waals surface area contributed by atoms with Crippen LogP contribution < -0.4 is 10.1 Å². The van der Waals surface area contributed by atoms with E-state index in [0.717, 1.165) is 5.75 Å². The van der Waals surface area contributed by atoms with E-state index < -0.39 is 0 Å². The minimum atomic E-state index is -0.329. The van der Waals surface area contributed by atoms with Gasteiger partial charge in [-0.05, 0) is 12.1 Å². The molecular formula is C11H11NO3. The Morgan fingerprint density at radius 3 is 1.80 bits per heavy atom. The summed E-state index contributed by atoms with van der Waals surface area (Å²) in [4.78, 5) is 20.1. The number of hydrogen-bond donors (Lipinski definition) is 1. The fraction of sp³-hybridized carbons (Fsp3) is 0.0909. The van der Waals surface area contributed by atoms with Gasteiger partial charge in [0.1, 0.15) is 5.75 Å². The Balaban J connectivity index is 0.000000151. The van der Waals surface area contributed by atoms with E-state index >= 15 is 0 Å². The molecule has 1 N–H and O–H groups in total. The highest BCUT2D eigenvalue weighted by Gasteiger charge is 2.06. The second-order valence-electron chi connectivity index (χ2n) is 2.70. The normalized spacial score (nSPS) is 12.9. The number of imide groups is 1. The standard InChI is InChI=1S/C7H8O.C4H3NO2/c1-8-7-5-3-2-4-6-7;6-3-1-2-4(7)5-3/h2-6H,1H3;1-2H,(H,5,6,7). The van der Waals surface area contributed by atoms with Crippen molar-refractivity contribution >= 4 is 11.8 Å². The number of methoxy groups -OCH3 is 1. The highest BCUT2D eigenvalue weighted by atomic mass is 16.5. The summed E-state index contributed by atoms with van der Waals surface area (Å²) in [5.41, 5.74) is 0. The number of benzene rings is 1. The van der Waals surface area contributed by atoms with Crippen molar-refractivity contribution in [3.8, 4) is 5.75 Å². The molecule has 4 heteroatoms. The van der Waals surface area contributed by atoms with Crippen molar-refractivity contribution < 1.29 is 14.3 Å². The molecule has 4 nitrogen and oxygen atoms in total. The first-order valence-electron chi connectivity index (χ1n) is 4.34. The van der Waals surface area contributed by atoms with Crippen LogP contribution in [-0.4, -0.2) is 18.9 Å². The van der Waals surface area contributed by atoms with Crippen LogP contribution in [0.4, 0.5) is 0 Å². The minimum Gasteiger partial charge on any atom is -0.497 e. The van der Waals surface area contributed by atoms with Crippen molar-refractivity contribution in [3.05, 3.63) is 42.5 Å². The van der Waals surface area contributed by atoms with Gasteiger partial charge in [-0.25, -0.2) is 0 Å². The van der Waals surface area contributed by atoms with Gasteiger partial charge in [-0.2, -0.15) is 0 Å². The molecule has 78 valence electrons. The molecule has 0 saturated heterocycles. The number of rotatable bonds is 1. The SMILES string of the molecule is COc1ccccc1.O=C1C=CC(=O)N1. The van der Waals surface area contributed by atoms with Gasteiger partial charge in [-0.15, -0.1) is 0 Å². The van der Waals surface area contributed by atoms with Gasteiger partial charge in [-0.1, -0.05) is 18.2 Å². The van der Waals surface area contributed by atoms with Crippen LogP contribution in [0.15, 0.2) is 42.5 Å². The third kappa shape index (κ3) is 4.08. The number of ether oxygens (including phenoxy) is 1. The van der Waals surface area contributed by atoms with Gasteiger partial charge >= 0.3 is 0 Å². The summed E-state index contributed by atoms with van der Waals surface area (Å²) >= 11 is 0. The summed E-state index contributed by atoms with van der Waals surface area (Å²) in [5.74, 6) is 0.252. The lowest BCUT2D eigenvalue weighted by Crippen LogP contribution is -2.19. The molecule has 1 aliphatic heterocycles. The second-order valence-corrected chi connectivity index (χ2v) is 2.70. The zero-order valence-corrected chi connectivity index (χ0v) is 8.27. The number of amides is 2. The average molecular weight is 205 g/mol. The Hall–Kier alpha value is -2.10. The zero-order valence-electron chi connectivity index (χ0n) is 8.27. The zero-order chi connectivity index (χ0) is 11.1. The maximum absolute atomic E-state index is 10.0. The number of carbonyl (C=O) groups is 2. The van der Waals surface area contributed by atoms with E-state index in [1.807, 2.05) is 35.6 Å². The van der Waals surface area contributed by atoms with Crippen molar-refractivity contribution in [1.29, 1.82) is 0 Å². The molecule has 1 heterocycles. The predicted octanol–water partition coefficient (Wildman–Crippen LogP) is 0.894. The number of nitrogens with one attached hydrogen (secondary N) is 1. The lowest BCUT2D eigenvalue weighted by molar-refractivity contribution is -0.123. The Kier molecular flexibility index (Phi) is 4.09. The van der Waals surface area contributed by atoms with E-state index in [9.17, 15) is 9.59 Å². The third-order valence-corrected chi connectivity index (χ3v) is 1.61. The van der Waals surface area contributed by atoms with Crippen LogP contribution in [0.5, 0.6) is 5.75 Å². The number of carbonyl (C=O) groups excluding carboxylic acids is 2. The van der Waals surface area contributed by atoms with Crippen LogP contribution >= 0.6 is 0 Å². The Labute approximate surface area is 87.6 Å². The summed E-state index contributed by atoms with van der Waals surface area (Å²) in [6.07, 6.45) is 2.39. The summed E-state index contributed by atoms with van der Waals surface area (Å²) in [5, 5.41) is 2.03. The summed E-state index contributed by atoms with van der Waals surface area (Å²) < 4.78 is 4.91. The maximum atomic E-state index is 10.0. The molecule has 2 amide bonds. The van der Waals surface area contributed by atoms with Crippen LogP contribution in [0.1, 0.15) is 0 Å². The summed E-state index contributed by atoms with van der Waals surface area (Å²) in [6.45, 7) is 0. The lowest BCUT2D eigenvalue weighted by Gasteiger charge is -1.93. The molecule has 0 spiro atoms. The fourth-order valence-electron chi connectivity index (χ4n) is 0.913. The first-order valence-corrected chi connectivity index (χ1v) is 4.34. The van der Waals surface area contributed by atoms with E-state index in [1.165, 1.54) is 12.2 Å². The lowest BCUT2D eigenvalue weighted by atomic mass is 10.3. The molecule has 0 aromatic heterocycles. The van der Waals surface area contributed by atoms with E-state index in [2.05, 4.69) is 0 Å². The molecule has 1 aliphatic rings. The van der Waals surface area contributed by atoms with Crippen LogP contribution in [-0.2, 0) is 9.59 Å². The second kappa shape index (κ2) is 5.59. The van der Waals surface area contributed by atoms with Crippen LogP contribution in [0, 0.1) is 0 Å². The molecule has 1 aromatic rings. The van der Waals surface area contributed by atoms with Crippen molar-refractivity contribution in [2.24, 2.45) is 0 Å². The monoisotopic (exact) mass is 205 g/mol. The molecule has 2 rings (SSSR count). The molecule has 1 aromatic carbocycles. The van der Waals surface area contributed by atoms with Crippen molar-refractivity contribution in [2.45, 2.75) is 0 Å². The number of hydrogen-bond acceptors (Lipinski definition) is 3. The van der Waals surface area contributed by atoms with Gasteiger partial charge in [-0.3, -0.25) is 14.9 Å². The van der Waals surface area contributed by atoms with Gasteiger partial charge < -0.3 is 4.74 Å². The van der Waals surface area contributed by atoms with E-state index in [1.54, 1.807) is 7.11 Å². The van der Waals surface area contributed by atoms with Gasteiger partial charge in [0.2, 0.25) is 0 Å². The molecule has 0 bridgehead atoms. The van der Waals surface area contributed by atoms with Gasteiger partial charge in [0, 0.05) is 12.2 Å². The van der Waals surface area contributed by atoms with Gasteiger partial charge in [0.25, 0.3) is 11.8 Å². The van der Waals surface area contributed by atoms with E-state index in [-0.39, 0.29) is 11.8 Å². The molecule has 0 unspecified atom stereocenters. The quantitative estimate of drug-likeness (QED) is 0.693. The molecule has 0 saturated carbocycles. The van der Waals surface area contributed by atoms with Crippen LogP contribution in [0.25, 0.3) is 0 Å². The van der Waals surface area contributed by atoms with Gasteiger partial charge in [0.15, 0.2) is 0 Å². The molecule has 0 atom stereocenters. The molecular weight excluding hydrogens is 194 g/mol. The summed E-state index contributed by atoms with van der Waals surface area (Å²) in [7, 11) is 1.66. The van der Waals surface area contributed by atoms with E-state index in [0.29, 0.717) is 0 Å². The molecule has 0 aliphatic carbocycles. The minimum absolute atomic E-state index is 0.329. The topological polar surface area (TPSA) is 55.4 Å². The first-order chi connectivity index (χ1) is 7.22. The van der Waals surface area contributed by atoms with Crippen molar-refractivity contribution in [3.63, 3.8) is 0 Å². The first kappa shape index (κ1) is 11.0. The maximum Gasteiger partial charge on any atom is 0.250 e. The average Bonchev–Trinajstić information content (AvgIpc) is 2.65. The van der Waals surface area contributed by atoms with Gasteiger partial charge in [0.05, 0.1) is 7.11 Å². The highest BCUT2D eigenvalue weighted by molar-refractivity contribution is 6.12.